The lowest BCUT2D eigenvalue weighted by Crippen LogP contribution is -2.38. The van der Waals surface area contributed by atoms with Gasteiger partial charge < -0.3 is 23.7 Å². The minimum absolute atomic E-state index is 0.0246. The topological polar surface area (TPSA) is 178 Å². The predicted molar refractivity (Wildman–Crippen MR) is 214 cm³/mol. The van der Waals surface area contributed by atoms with Crippen molar-refractivity contribution in [2.75, 3.05) is 32.8 Å². The van der Waals surface area contributed by atoms with E-state index in [4.69, 9.17) is 28.2 Å². The van der Waals surface area contributed by atoms with E-state index in [-0.39, 0.29) is 43.3 Å². The van der Waals surface area contributed by atoms with Crippen LogP contribution in [-0.4, -0.2) is 74.9 Å². The zero-order chi connectivity index (χ0) is 40.6. The molecule has 7 rings (SSSR count). The van der Waals surface area contributed by atoms with Crippen LogP contribution < -0.4 is 19.5 Å². The normalized spacial score (nSPS) is 17.0. The molecule has 0 spiro atoms. The molecule has 1 amide bonds. The molecule has 0 aliphatic carbocycles. The fraction of sp³-hybridized carbons (Fsp3) is 0.310. The average Bonchev–Trinajstić information content (AvgIpc) is 3.85. The molecule has 1 aliphatic heterocycles. The van der Waals surface area contributed by atoms with Gasteiger partial charge in [0.15, 0.2) is 11.2 Å². The van der Waals surface area contributed by atoms with E-state index in [9.17, 15) is 14.3 Å². The van der Waals surface area contributed by atoms with E-state index < -0.39 is 32.3 Å². The van der Waals surface area contributed by atoms with Gasteiger partial charge in [0.05, 0.1) is 33.8 Å². The Morgan fingerprint density at radius 1 is 0.914 bits per heavy atom. The van der Waals surface area contributed by atoms with Crippen molar-refractivity contribution in [1.82, 2.24) is 24.5 Å². The Balaban J connectivity index is 1.23. The molecular formula is C42H44N6O9P+. The highest BCUT2D eigenvalue weighted by Gasteiger charge is 2.46. The van der Waals surface area contributed by atoms with Crippen LogP contribution in [-0.2, 0) is 35.4 Å². The standard InChI is InChI=1S/C42H43N6O9P/c1-27(2)39(49)46-41-45-38-37(40(47-41)54-23-21-31-12-8-9-22-43-31)44-26-48(38)36-24-34(57-58(50)51)35(56-36)25-55-42(28-10-6-5-7-11-28,29-13-17-32(52-3)18-14-29)30-15-19-33(53-4)20-16-30/h5-20,22,26-27,34-36H,21,23-25H2,1-4H3,(H-,45,46,47,49,50,51)/p+1/t34-,35+,36+/m0/s1. The number of carbonyl (C=O) groups is 1. The molecule has 3 aromatic carbocycles. The first kappa shape index (κ1) is 40.4. The summed E-state index contributed by atoms with van der Waals surface area (Å²) in [5, 5.41) is 2.76. The SMILES string of the molecule is COc1ccc(C(OC[C@H]2O[C@@H](n3cnc4c(OCCc5ccccn5)nc(NC(=O)C(C)C)nc43)C[C@@H]2O[P+](=O)O)(c2ccccc2)c2ccc(OC)cc2)cc1. The third kappa shape index (κ3) is 8.84. The van der Waals surface area contributed by atoms with Crippen LogP contribution in [0.25, 0.3) is 11.2 Å². The Labute approximate surface area is 336 Å². The van der Waals surface area contributed by atoms with Crippen LogP contribution in [0.5, 0.6) is 17.4 Å². The van der Waals surface area contributed by atoms with E-state index in [1.807, 2.05) is 97.1 Å². The Kier molecular flexibility index (Phi) is 12.7. The molecule has 1 aliphatic rings. The molecule has 1 unspecified atom stereocenters. The molecule has 4 atom stereocenters. The van der Waals surface area contributed by atoms with Gasteiger partial charge in [-0.3, -0.25) is 19.7 Å². The summed E-state index contributed by atoms with van der Waals surface area (Å²) in [6.45, 7) is 3.69. The highest BCUT2D eigenvalue weighted by molar-refractivity contribution is 7.32. The second-order valence-corrected chi connectivity index (χ2v) is 14.5. The van der Waals surface area contributed by atoms with Gasteiger partial charge in [-0.1, -0.05) is 74.5 Å². The number of nitrogens with one attached hydrogen (secondary N) is 1. The number of aromatic nitrogens is 5. The van der Waals surface area contributed by atoms with Crippen molar-refractivity contribution in [3.8, 4) is 17.4 Å². The van der Waals surface area contributed by atoms with Crippen LogP contribution >= 0.6 is 8.25 Å². The molecule has 4 heterocycles. The van der Waals surface area contributed by atoms with Crippen molar-refractivity contribution in [3.05, 3.63) is 132 Å². The molecule has 15 nitrogen and oxygen atoms in total. The number of amides is 1. The number of fused-ring (bicyclic) bond motifs is 1. The van der Waals surface area contributed by atoms with Crippen molar-refractivity contribution < 1.29 is 42.5 Å². The highest BCUT2D eigenvalue weighted by atomic mass is 31.1. The number of hydrogen-bond donors (Lipinski definition) is 2. The van der Waals surface area contributed by atoms with Crippen molar-refractivity contribution >= 4 is 31.3 Å². The summed E-state index contributed by atoms with van der Waals surface area (Å²) in [7, 11) is 0.192. The number of hydrogen-bond acceptors (Lipinski definition) is 12. The van der Waals surface area contributed by atoms with Crippen molar-refractivity contribution in [1.29, 1.82) is 0 Å². The molecule has 0 radical (unpaired) electrons. The Hall–Kier alpha value is -5.83. The van der Waals surface area contributed by atoms with Crippen LogP contribution in [0.4, 0.5) is 5.95 Å². The van der Waals surface area contributed by atoms with Gasteiger partial charge >= 0.3 is 8.25 Å². The van der Waals surface area contributed by atoms with Crippen LogP contribution in [0.3, 0.4) is 0 Å². The summed E-state index contributed by atoms with van der Waals surface area (Å²) >= 11 is 0. The summed E-state index contributed by atoms with van der Waals surface area (Å²) in [4.78, 5) is 40.9. The predicted octanol–water partition coefficient (Wildman–Crippen LogP) is 6.79. The Morgan fingerprint density at radius 2 is 1.57 bits per heavy atom. The van der Waals surface area contributed by atoms with Crippen LogP contribution in [0.2, 0.25) is 0 Å². The fourth-order valence-electron chi connectivity index (χ4n) is 6.84. The molecule has 16 heteroatoms. The average molecular weight is 808 g/mol. The summed E-state index contributed by atoms with van der Waals surface area (Å²) in [5.74, 6) is 0.912. The third-order valence-electron chi connectivity index (χ3n) is 9.83. The summed E-state index contributed by atoms with van der Waals surface area (Å²) in [5.41, 5.74) is 2.72. The van der Waals surface area contributed by atoms with Crippen molar-refractivity contribution in [3.63, 3.8) is 0 Å². The minimum Gasteiger partial charge on any atom is -0.497 e. The first-order chi connectivity index (χ1) is 28.2. The lowest BCUT2D eigenvalue weighted by atomic mass is 9.80. The zero-order valence-electron chi connectivity index (χ0n) is 32.4. The van der Waals surface area contributed by atoms with Crippen molar-refractivity contribution in [2.24, 2.45) is 5.92 Å². The van der Waals surface area contributed by atoms with Crippen LogP contribution in [0, 0.1) is 5.92 Å². The molecule has 1 saturated heterocycles. The first-order valence-electron chi connectivity index (χ1n) is 18.7. The summed E-state index contributed by atoms with van der Waals surface area (Å²) in [6.07, 6.45) is 1.38. The van der Waals surface area contributed by atoms with Crippen molar-refractivity contribution in [2.45, 2.75) is 50.7 Å². The number of pyridine rings is 1. The van der Waals surface area contributed by atoms with Gasteiger partial charge in [0.1, 0.15) is 35.5 Å². The number of rotatable bonds is 17. The van der Waals surface area contributed by atoms with E-state index in [1.165, 1.54) is 6.33 Å². The molecular weight excluding hydrogens is 763 g/mol. The fourth-order valence-corrected chi connectivity index (χ4v) is 7.29. The van der Waals surface area contributed by atoms with E-state index in [1.54, 1.807) is 38.8 Å². The van der Waals surface area contributed by atoms with E-state index in [0.29, 0.717) is 29.1 Å². The maximum absolute atomic E-state index is 12.8. The van der Waals surface area contributed by atoms with Crippen LogP contribution in [0.15, 0.2) is 110 Å². The molecule has 6 aromatic rings. The Morgan fingerprint density at radius 3 is 2.17 bits per heavy atom. The van der Waals surface area contributed by atoms with Gasteiger partial charge in [-0.25, -0.2) is 4.98 Å². The van der Waals surface area contributed by atoms with Gasteiger partial charge in [-0.15, -0.1) is 9.42 Å². The molecule has 300 valence electrons. The molecule has 3 aromatic heterocycles. The monoisotopic (exact) mass is 807 g/mol. The minimum atomic E-state index is -3.02. The number of nitrogens with zero attached hydrogens (tertiary/aromatic N) is 5. The number of imidazole rings is 1. The molecule has 58 heavy (non-hydrogen) atoms. The van der Waals surface area contributed by atoms with Gasteiger partial charge in [0.25, 0.3) is 0 Å². The van der Waals surface area contributed by atoms with E-state index >= 15 is 0 Å². The van der Waals surface area contributed by atoms with Gasteiger partial charge in [-0.2, -0.15) is 9.97 Å². The largest absolute Gasteiger partial charge is 0.695 e. The highest BCUT2D eigenvalue weighted by Crippen LogP contribution is 2.44. The Bertz CT molecular complexity index is 2260. The number of anilines is 1. The number of ether oxygens (including phenoxy) is 5. The smallest absolute Gasteiger partial charge is 0.497 e. The first-order valence-corrected chi connectivity index (χ1v) is 19.9. The zero-order valence-corrected chi connectivity index (χ0v) is 33.3. The second-order valence-electron chi connectivity index (χ2n) is 13.8. The molecule has 0 bridgehead atoms. The molecule has 1 fully saturated rings. The van der Waals surface area contributed by atoms with E-state index in [2.05, 4.69) is 25.3 Å². The number of benzene rings is 3. The lowest BCUT2D eigenvalue weighted by Gasteiger charge is -2.37. The van der Waals surface area contributed by atoms with E-state index in [0.717, 1.165) is 22.4 Å². The third-order valence-corrected chi connectivity index (χ3v) is 10.3. The summed E-state index contributed by atoms with van der Waals surface area (Å²) in [6, 6.07) is 30.6. The lowest BCUT2D eigenvalue weighted by molar-refractivity contribution is -0.118. The number of methoxy groups -OCH3 is 2. The quantitative estimate of drug-likeness (QED) is 0.0728. The van der Waals surface area contributed by atoms with Crippen LogP contribution in [0.1, 0.15) is 48.9 Å². The van der Waals surface area contributed by atoms with Gasteiger partial charge in [-0.05, 0) is 53.1 Å². The maximum atomic E-state index is 12.8. The molecule has 2 N–H and O–H groups in total. The second kappa shape index (κ2) is 18.2. The van der Waals surface area contributed by atoms with Gasteiger partial charge in [0, 0.05) is 35.2 Å². The number of carbonyl (C=O) groups excluding carboxylic acids is 1. The summed E-state index contributed by atoms with van der Waals surface area (Å²) < 4.78 is 50.3. The maximum Gasteiger partial charge on any atom is 0.695 e. The molecule has 0 saturated carbocycles. The van der Waals surface area contributed by atoms with Gasteiger partial charge in [0.2, 0.25) is 17.7 Å².